The summed E-state index contributed by atoms with van der Waals surface area (Å²) in [6, 6.07) is -0.839. The number of halogens is 1. The third-order valence-electron chi connectivity index (χ3n) is 12.5. The van der Waals surface area contributed by atoms with Crippen molar-refractivity contribution in [3.8, 4) is 0 Å². The van der Waals surface area contributed by atoms with Crippen molar-refractivity contribution < 1.29 is 23.5 Å². The number of amides is 1. The van der Waals surface area contributed by atoms with Crippen LogP contribution in [0.4, 0.5) is 4.39 Å². The van der Waals surface area contributed by atoms with E-state index in [9.17, 15) is 14.4 Å². The topological polar surface area (TPSA) is 94.2 Å². The number of likely N-dealkylation sites (tertiary alicyclic amines) is 1. The molecule has 6 fully saturated rings. The lowest BCUT2D eigenvalue weighted by Crippen LogP contribution is -2.73. The second kappa shape index (κ2) is 13.3. The monoisotopic (exact) mass is 627 g/mol. The summed E-state index contributed by atoms with van der Waals surface area (Å²) in [4.78, 5) is 47.9. The average molecular weight is 628 g/mol. The van der Waals surface area contributed by atoms with Gasteiger partial charge in [0.1, 0.15) is 12.0 Å². The van der Waals surface area contributed by atoms with Gasteiger partial charge < -0.3 is 30.1 Å². The summed E-state index contributed by atoms with van der Waals surface area (Å²) < 4.78 is 23.0. The van der Waals surface area contributed by atoms with Crippen LogP contribution in [0.25, 0.3) is 0 Å². The molecule has 0 bridgehead atoms. The highest BCUT2D eigenvalue weighted by molar-refractivity contribution is 6.20. The van der Waals surface area contributed by atoms with E-state index >= 15 is 4.39 Å². The highest BCUT2D eigenvalue weighted by atomic mass is 19.1. The van der Waals surface area contributed by atoms with Gasteiger partial charge in [-0.2, -0.15) is 0 Å². The van der Waals surface area contributed by atoms with E-state index in [0.717, 1.165) is 64.7 Å². The maximum Gasteiger partial charge on any atom is 0.256 e. The fraction of sp³-hybridized carbons (Fsp3) is 0.857. The summed E-state index contributed by atoms with van der Waals surface area (Å²) in [7, 11) is 4.11. The molecule has 4 aliphatic carbocycles. The molecule has 4 saturated carbocycles. The molecule has 0 aromatic carbocycles. The number of unbranched alkanes of at least 4 members (excludes halogenated alkanes) is 1. The van der Waals surface area contributed by atoms with E-state index < -0.39 is 24.2 Å². The SMILES string of the molecule is CN(C)CCCCNC1C(F)CC2C(=O)C(C(=O)NCCN3CCCC3)=CN3C4CC5C(CC4OC1C23)C(=O)C1CCCCC15. The molecular formula is C35H54FN5O4. The van der Waals surface area contributed by atoms with Crippen LogP contribution in [0.5, 0.6) is 0 Å². The Labute approximate surface area is 268 Å². The largest absolute Gasteiger partial charge is 0.369 e. The molecule has 3 heterocycles. The van der Waals surface area contributed by atoms with Crippen molar-refractivity contribution in [2.45, 2.75) is 107 Å². The molecule has 3 aliphatic heterocycles. The first kappa shape index (κ1) is 31.7. The first-order valence-electron chi connectivity index (χ1n) is 18.1. The normalized spacial score (nSPS) is 40.9. The van der Waals surface area contributed by atoms with E-state index in [-0.39, 0.29) is 53.7 Å². The van der Waals surface area contributed by atoms with Gasteiger partial charge in [0.05, 0.1) is 35.9 Å². The van der Waals surface area contributed by atoms with Crippen LogP contribution < -0.4 is 10.6 Å². The molecule has 0 radical (unpaired) electrons. The smallest absolute Gasteiger partial charge is 0.256 e. The molecule has 0 spiro atoms. The number of nitrogens with zero attached hydrogens (tertiary/aromatic N) is 3. The van der Waals surface area contributed by atoms with Crippen molar-refractivity contribution in [1.82, 2.24) is 25.3 Å². The lowest BCUT2D eigenvalue weighted by Gasteiger charge is -2.60. The summed E-state index contributed by atoms with van der Waals surface area (Å²) in [5.74, 6) is 0.173. The molecule has 250 valence electrons. The van der Waals surface area contributed by atoms with Crippen molar-refractivity contribution >= 4 is 17.5 Å². The van der Waals surface area contributed by atoms with E-state index in [4.69, 9.17) is 4.74 Å². The van der Waals surface area contributed by atoms with Gasteiger partial charge in [0.2, 0.25) is 0 Å². The number of ether oxygens (including phenoxy) is 1. The molecule has 2 N–H and O–H groups in total. The zero-order chi connectivity index (χ0) is 31.2. The van der Waals surface area contributed by atoms with Crippen LogP contribution in [-0.2, 0) is 19.1 Å². The number of morpholine rings is 1. The lowest BCUT2D eigenvalue weighted by atomic mass is 9.66. The molecule has 0 aromatic rings. The average Bonchev–Trinajstić information content (AvgIpc) is 3.64. The molecule has 45 heavy (non-hydrogen) atoms. The van der Waals surface area contributed by atoms with Crippen LogP contribution in [0.2, 0.25) is 0 Å². The minimum Gasteiger partial charge on any atom is -0.369 e. The number of hydrogen-bond donors (Lipinski definition) is 2. The highest BCUT2D eigenvalue weighted by Crippen LogP contribution is 2.55. The van der Waals surface area contributed by atoms with Gasteiger partial charge in [0.15, 0.2) is 5.78 Å². The third kappa shape index (κ3) is 6.02. The Morgan fingerprint density at radius 2 is 1.78 bits per heavy atom. The van der Waals surface area contributed by atoms with Gasteiger partial charge in [-0.15, -0.1) is 0 Å². The molecular weight excluding hydrogens is 573 g/mol. The van der Waals surface area contributed by atoms with E-state index in [0.29, 0.717) is 37.1 Å². The second-order valence-corrected chi connectivity index (χ2v) is 15.4. The summed E-state index contributed by atoms with van der Waals surface area (Å²) >= 11 is 0. The predicted molar refractivity (Wildman–Crippen MR) is 169 cm³/mol. The fourth-order valence-corrected chi connectivity index (χ4v) is 10.4. The summed E-state index contributed by atoms with van der Waals surface area (Å²) in [5, 5.41) is 6.52. The number of carbonyl (C=O) groups is 3. The van der Waals surface area contributed by atoms with Crippen molar-refractivity contribution in [2.24, 2.45) is 29.6 Å². The number of ketones is 2. The van der Waals surface area contributed by atoms with Crippen LogP contribution in [0.15, 0.2) is 11.8 Å². The Balaban J connectivity index is 1.14. The van der Waals surface area contributed by atoms with E-state index in [1.165, 1.54) is 19.3 Å². The van der Waals surface area contributed by atoms with E-state index in [1.54, 1.807) is 0 Å². The summed E-state index contributed by atoms with van der Waals surface area (Å²) in [6.45, 7) is 5.04. The van der Waals surface area contributed by atoms with Gasteiger partial charge >= 0.3 is 0 Å². The summed E-state index contributed by atoms with van der Waals surface area (Å²) in [5.41, 5.74) is 0.166. The first-order chi connectivity index (χ1) is 21.8. The van der Waals surface area contributed by atoms with Gasteiger partial charge in [-0.25, -0.2) is 4.39 Å². The van der Waals surface area contributed by atoms with Crippen LogP contribution in [0, 0.1) is 29.6 Å². The predicted octanol–water partition coefficient (Wildman–Crippen LogP) is 2.54. The number of carbonyl (C=O) groups excluding carboxylic acids is 3. The van der Waals surface area contributed by atoms with E-state index in [2.05, 4.69) is 39.4 Å². The Morgan fingerprint density at radius 3 is 2.58 bits per heavy atom. The van der Waals surface area contributed by atoms with Crippen molar-refractivity contribution in [3.05, 3.63) is 11.8 Å². The minimum absolute atomic E-state index is 0.0117. The molecule has 10 heteroatoms. The van der Waals surface area contributed by atoms with Crippen molar-refractivity contribution in [1.29, 1.82) is 0 Å². The number of Topliss-reactive ketones (excluding diaryl/α,β-unsaturated/α-hetero) is 2. The number of rotatable bonds is 10. The zero-order valence-electron chi connectivity index (χ0n) is 27.3. The Kier molecular flexibility index (Phi) is 9.39. The fourth-order valence-electron chi connectivity index (χ4n) is 10.4. The Morgan fingerprint density at radius 1 is 0.978 bits per heavy atom. The molecule has 2 saturated heterocycles. The van der Waals surface area contributed by atoms with Crippen LogP contribution in [0.1, 0.15) is 70.6 Å². The van der Waals surface area contributed by atoms with Gasteiger partial charge in [-0.3, -0.25) is 14.4 Å². The Hall–Kier alpha value is -1.88. The maximum absolute atomic E-state index is 16.1. The van der Waals surface area contributed by atoms with Gasteiger partial charge in [0.25, 0.3) is 5.91 Å². The van der Waals surface area contributed by atoms with Gasteiger partial charge in [-0.1, -0.05) is 12.8 Å². The van der Waals surface area contributed by atoms with Gasteiger partial charge in [-0.05, 0) is 110 Å². The molecule has 11 unspecified atom stereocenters. The zero-order valence-corrected chi connectivity index (χ0v) is 27.3. The summed E-state index contributed by atoms with van der Waals surface area (Å²) in [6.07, 6.45) is 10.2. The van der Waals surface area contributed by atoms with Crippen LogP contribution in [-0.4, -0.2) is 122 Å². The molecule has 7 aliphatic rings. The molecule has 0 aromatic heterocycles. The second-order valence-electron chi connectivity index (χ2n) is 15.4. The number of fused-ring (bicyclic) bond motifs is 5. The minimum atomic E-state index is -1.25. The van der Waals surface area contributed by atoms with Gasteiger partial charge in [0, 0.05) is 37.0 Å². The molecule has 7 rings (SSSR count). The van der Waals surface area contributed by atoms with E-state index in [1.807, 2.05) is 6.20 Å². The number of hydrogen-bond acceptors (Lipinski definition) is 8. The number of alkyl halides is 1. The molecule has 9 nitrogen and oxygen atoms in total. The first-order valence-corrected chi connectivity index (χ1v) is 18.1. The highest BCUT2D eigenvalue weighted by Gasteiger charge is 2.62. The molecule has 11 atom stereocenters. The lowest BCUT2D eigenvalue weighted by molar-refractivity contribution is -0.206. The Bertz CT molecular complexity index is 1160. The quantitative estimate of drug-likeness (QED) is 0.282. The standard InChI is InChI=1S/C35H54FN5O4/c1-39(2)13-6-5-11-37-30-27(36)17-25-31-34(30)45-29-19-24-23(21-9-3-4-10-22(21)32(24)42)18-28(29)41(31)20-26(33(25)43)35(44)38-12-16-40-14-7-8-15-40/h20-25,27-31,34,37H,3-19H2,1-2H3,(H,38,44). The molecule has 1 amide bonds. The van der Waals surface area contributed by atoms with Crippen LogP contribution in [0.3, 0.4) is 0 Å². The van der Waals surface area contributed by atoms with Crippen LogP contribution >= 0.6 is 0 Å². The number of nitrogens with one attached hydrogen (secondary N) is 2. The maximum atomic E-state index is 16.1. The van der Waals surface area contributed by atoms with Crippen molar-refractivity contribution in [3.63, 3.8) is 0 Å². The third-order valence-corrected chi connectivity index (χ3v) is 12.5. The van der Waals surface area contributed by atoms with Crippen molar-refractivity contribution in [2.75, 3.05) is 53.4 Å².